The Labute approximate surface area is 133 Å². The van der Waals surface area contributed by atoms with E-state index in [4.69, 9.17) is 0 Å². The smallest absolute Gasteiger partial charge is 0.222 e. The summed E-state index contributed by atoms with van der Waals surface area (Å²) in [6, 6.07) is 3.14. The zero-order chi connectivity index (χ0) is 17.0. The molecule has 0 radical (unpaired) electrons. The third-order valence-corrected chi connectivity index (χ3v) is 4.25. The van der Waals surface area contributed by atoms with Crippen molar-refractivity contribution < 1.29 is 23.5 Å². The van der Waals surface area contributed by atoms with E-state index in [0.717, 1.165) is 18.6 Å². The number of amides is 2. The first-order valence-electron chi connectivity index (χ1n) is 7.48. The van der Waals surface area contributed by atoms with Crippen LogP contribution in [0.4, 0.5) is 8.78 Å². The van der Waals surface area contributed by atoms with E-state index < -0.39 is 23.1 Å². The van der Waals surface area contributed by atoms with Crippen LogP contribution in [0.25, 0.3) is 0 Å². The Hall–Kier alpha value is -2.02. The van der Waals surface area contributed by atoms with Gasteiger partial charge in [0.25, 0.3) is 0 Å². The van der Waals surface area contributed by atoms with Gasteiger partial charge in [0.05, 0.1) is 18.6 Å². The summed E-state index contributed by atoms with van der Waals surface area (Å²) < 4.78 is 26.4. The lowest BCUT2D eigenvalue weighted by Crippen LogP contribution is -2.51. The molecule has 0 aliphatic carbocycles. The lowest BCUT2D eigenvalue weighted by atomic mass is 9.92. The molecule has 1 aliphatic rings. The van der Waals surface area contributed by atoms with Gasteiger partial charge < -0.3 is 15.3 Å². The van der Waals surface area contributed by atoms with Crippen molar-refractivity contribution >= 4 is 11.8 Å². The Morgan fingerprint density at radius 2 is 2.13 bits per heavy atom. The number of aliphatic hydroxyl groups is 1. The van der Waals surface area contributed by atoms with Crippen LogP contribution >= 0.6 is 0 Å². The zero-order valence-corrected chi connectivity index (χ0v) is 12.9. The van der Waals surface area contributed by atoms with E-state index in [1.807, 2.05) is 0 Å². The summed E-state index contributed by atoms with van der Waals surface area (Å²) in [4.78, 5) is 25.3. The van der Waals surface area contributed by atoms with Crippen molar-refractivity contribution in [1.29, 1.82) is 0 Å². The van der Waals surface area contributed by atoms with Crippen molar-refractivity contribution in [3.63, 3.8) is 0 Å². The second-order valence-corrected chi connectivity index (χ2v) is 5.85. The number of hydrogen-bond donors (Lipinski definition) is 2. The van der Waals surface area contributed by atoms with E-state index >= 15 is 0 Å². The van der Waals surface area contributed by atoms with Gasteiger partial charge in [0.1, 0.15) is 11.6 Å². The third kappa shape index (κ3) is 3.85. The highest BCUT2D eigenvalue weighted by molar-refractivity contribution is 5.80. The van der Waals surface area contributed by atoms with Crippen LogP contribution in [0.3, 0.4) is 0 Å². The summed E-state index contributed by atoms with van der Waals surface area (Å²) in [5.74, 6) is -1.99. The van der Waals surface area contributed by atoms with Gasteiger partial charge in [-0.15, -0.1) is 0 Å². The van der Waals surface area contributed by atoms with Crippen molar-refractivity contribution in [1.82, 2.24) is 10.2 Å². The monoisotopic (exact) mass is 326 g/mol. The van der Waals surface area contributed by atoms with Crippen LogP contribution in [-0.4, -0.2) is 40.5 Å². The lowest BCUT2D eigenvalue weighted by Gasteiger charge is -2.36. The second kappa shape index (κ2) is 7.04. The minimum Gasteiger partial charge on any atom is -0.394 e. The van der Waals surface area contributed by atoms with E-state index in [2.05, 4.69) is 5.32 Å². The molecule has 7 heteroatoms. The number of hydrogen-bond acceptors (Lipinski definition) is 3. The molecule has 1 aromatic carbocycles. The number of benzene rings is 1. The molecule has 1 aliphatic heterocycles. The molecule has 1 atom stereocenters. The molecule has 1 saturated heterocycles. The van der Waals surface area contributed by atoms with Crippen LogP contribution in [0.1, 0.15) is 31.7 Å². The summed E-state index contributed by atoms with van der Waals surface area (Å²) in [6.45, 7) is 1.54. The summed E-state index contributed by atoms with van der Waals surface area (Å²) in [5, 5.41) is 12.2. The Bertz CT molecular complexity index is 609. The maximum atomic E-state index is 13.5. The molecule has 1 fully saturated rings. The quantitative estimate of drug-likeness (QED) is 0.858. The van der Waals surface area contributed by atoms with Gasteiger partial charge >= 0.3 is 0 Å². The fraction of sp³-hybridized carbons (Fsp3) is 0.500. The minimum absolute atomic E-state index is 0.0497. The average Bonchev–Trinajstić information content (AvgIpc) is 2.90. The van der Waals surface area contributed by atoms with Crippen LogP contribution < -0.4 is 5.32 Å². The molecule has 0 bridgehead atoms. The molecule has 0 aromatic heterocycles. The van der Waals surface area contributed by atoms with E-state index in [1.165, 1.54) is 17.9 Å². The number of carbonyl (C=O) groups is 2. The molecule has 5 nitrogen and oxygen atoms in total. The average molecular weight is 326 g/mol. The van der Waals surface area contributed by atoms with Gasteiger partial charge in [-0.2, -0.15) is 0 Å². The van der Waals surface area contributed by atoms with Gasteiger partial charge in [-0.05, 0) is 18.9 Å². The summed E-state index contributed by atoms with van der Waals surface area (Å²) in [5.41, 5.74) is -0.718. The molecule has 2 N–H and O–H groups in total. The summed E-state index contributed by atoms with van der Waals surface area (Å²) >= 11 is 0. The van der Waals surface area contributed by atoms with Crippen molar-refractivity contribution in [2.75, 3.05) is 13.2 Å². The molecule has 1 heterocycles. The molecule has 2 rings (SSSR count). The predicted octanol–water partition coefficient (Wildman–Crippen LogP) is 1.34. The molecule has 0 saturated carbocycles. The Kier molecular flexibility index (Phi) is 5.30. The van der Waals surface area contributed by atoms with Gasteiger partial charge in [0.2, 0.25) is 11.8 Å². The number of nitrogens with zero attached hydrogens (tertiary/aromatic N) is 1. The number of likely N-dealkylation sites (tertiary alicyclic amines) is 1. The molecule has 1 aromatic rings. The van der Waals surface area contributed by atoms with Crippen LogP contribution in [-0.2, 0) is 16.1 Å². The minimum atomic E-state index is -0.892. The largest absolute Gasteiger partial charge is 0.394 e. The first-order chi connectivity index (χ1) is 10.9. The topological polar surface area (TPSA) is 69.6 Å². The lowest BCUT2D eigenvalue weighted by molar-refractivity contribution is -0.137. The Morgan fingerprint density at radius 1 is 1.39 bits per heavy atom. The van der Waals surface area contributed by atoms with Gasteiger partial charge in [0.15, 0.2) is 0 Å². The van der Waals surface area contributed by atoms with Gasteiger partial charge in [0, 0.05) is 31.6 Å². The van der Waals surface area contributed by atoms with E-state index in [-0.39, 0.29) is 31.0 Å². The van der Waals surface area contributed by atoms with Crippen LogP contribution in [0.15, 0.2) is 18.2 Å². The number of nitrogens with one attached hydrogen (secondary N) is 1. The summed E-state index contributed by atoms with van der Waals surface area (Å²) in [7, 11) is 0. The van der Waals surface area contributed by atoms with Crippen molar-refractivity contribution in [3.8, 4) is 0 Å². The number of aliphatic hydroxyl groups excluding tert-OH is 1. The molecular formula is C16H20F2N2O3. The Balaban J connectivity index is 1.99. The molecule has 2 amide bonds. The van der Waals surface area contributed by atoms with Gasteiger partial charge in [-0.25, -0.2) is 8.78 Å². The van der Waals surface area contributed by atoms with Gasteiger partial charge in [-0.1, -0.05) is 6.07 Å². The van der Waals surface area contributed by atoms with Crippen LogP contribution in [0, 0.1) is 11.6 Å². The second-order valence-electron chi connectivity index (χ2n) is 5.85. The highest BCUT2D eigenvalue weighted by Gasteiger charge is 2.43. The highest BCUT2D eigenvalue weighted by atomic mass is 19.1. The third-order valence-electron chi connectivity index (χ3n) is 4.25. The first-order valence-corrected chi connectivity index (χ1v) is 7.48. The normalized spacial score (nSPS) is 20.6. The first kappa shape index (κ1) is 17.3. The molecule has 23 heavy (non-hydrogen) atoms. The number of halogens is 2. The van der Waals surface area contributed by atoms with Crippen LogP contribution in [0.2, 0.25) is 0 Å². The SMILES string of the molecule is CC(=O)N1CCC[C@@]1(CO)CC(=O)NCc1ccc(F)cc1F. The maximum absolute atomic E-state index is 13.5. The molecule has 0 spiro atoms. The molecular weight excluding hydrogens is 306 g/mol. The number of rotatable bonds is 5. The fourth-order valence-corrected chi connectivity index (χ4v) is 3.05. The summed E-state index contributed by atoms with van der Waals surface area (Å²) in [6.07, 6.45) is 1.22. The fourth-order valence-electron chi connectivity index (χ4n) is 3.05. The molecule has 0 unspecified atom stereocenters. The van der Waals surface area contributed by atoms with Crippen molar-refractivity contribution in [3.05, 3.63) is 35.4 Å². The number of carbonyl (C=O) groups excluding carboxylic acids is 2. The predicted molar refractivity (Wildman–Crippen MR) is 79.3 cm³/mol. The zero-order valence-electron chi connectivity index (χ0n) is 12.9. The maximum Gasteiger partial charge on any atom is 0.222 e. The van der Waals surface area contributed by atoms with Crippen LogP contribution in [0.5, 0.6) is 0 Å². The van der Waals surface area contributed by atoms with Crippen molar-refractivity contribution in [2.24, 2.45) is 0 Å². The molecule has 126 valence electrons. The van der Waals surface area contributed by atoms with Crippen molar-refractivity contribution in [2.45, 2.75) is 38.3 Å². The van der Waals surface area contributed by atoms with E-state index in [9.17, 15) is 23.5 Å². The highest BCUT2D eigenvalue weighted by Crippen LogP contribution is 2.32. The van der Waals surface area contributed by atoms with E-state index in [1.54, 1.807) is 0 Å². The Morgan fingerprint density at radius 3 is 2.74 bits per heavy atom. The van der Waals surface area contributed by atoms with Gasteiger partial charge in [-0.3, -0.25) is 9.59 Å². The van der Waals surface area contributed by atoms with E-state index in [0.29, 0.717) is 13.0 Å². The standard InChI is InChI=1S/C16H20F2N2O3/c1-11(22)20-6-2-5-16(20,10-21)8-15(23)19-9-12-3-4-13(17)7-14(12)18/h3-4,7,21H,2,5-6,8-10H2,1H3,(H,19,23)/t16-/m0/s1.